The van der Waals surface area contributed by atoms with Crippen molar-refractivity contribution in [1.82, 2.24) is 24.5 Å². The van der Waals surface area contributed by atoms with Crippen LogP contribution in [0.3, 0.4) is 0 Å². The van der Waals surface area contributed by atoms with Gasteiger partial charge in [0.1, 0.15) is 5.82 Å². The van der Waals surface area contributed by atoms with Crippen LogP contribution in [0.4, 0.5) is 0 Å². The fourth-order valence-electron chi connectivity index (χ4n) is 3.15. The summed E-state index contributed by atoms with van der Waals surface area (Å²) in [4.78, 5) is 15.9. The molecule has 0 aromatic carbocycles. The van der Waals surface area contributed by atoms with E-state index in [-0.39, 0.29) is 5.91 Å². The number of pyridine rings is 1. The highest BCUT2D eigenvalue weighted by atomic mass is 16.1. The Morgan fingerprint density at radius 3 is 3.14 bits per heavy atom. The molecule has 1 aliphatic rings. The number of carbonyl (C=O) groups is 1. The largest absolute Gasteiger partial charge is 0.356 e. The Morgan fingerprint density at radius 2 is 2.32 bits per heavy atom. The number of fused-ring (bicyclic) bond motifs is 1. The second-order valence-corrected chi connectivity index (χ2v) is 5.82. The van der Waals surface area contributed by atoms with E-state index in [0.29, 0.717) is 12.3 Å². The first-order valence-electron chi connectivity index (χ1n) is 7.43. The second-order valence-electron chi connectivity index (χ2n) is 5.82. The fraction of sp³-hybridized carbons (Fsp3) is 0.312. The van der Waals surface area contributed by atoms with E-state index < -0.39 is 0 Å². The smallest absolute Gasteiger partial charge is 0.220 e. The molecule has 0 radical (unpaired) electrons. The molecule has 4 rings (SSSR count). The van der Waals surface area contributed by atoms with Crippen molar-refractivity contribution in [2.45, 2.75) is 19.9 Å². The van der Waals surface area contributed by atoms with E-state index in [1.165, 1.54) is 5.56 Å². The molecule has 0 saturated carbocycles. The number of imidazole rings is 1. The molecule has 1 unspecified atom stereocenters. The Balaban J connectivity index is 1.74. The van der Waals surface area contributed by atoms with Crippen molar-refractivity contribution >= 4 is 11.4 Å². The lowest BCUT2D eigenvalue weighted by molar-refractivity contribution is -0.119. The Hall–Kier alpha value is -2.63. The van der Waals surface area contributed by atoms with Gasteiger partial charge in [0.05, 0.1) is 17.3 Å². The number of aromatic nitrogens is 4. The lowest BCUT2D eigenvalue weighted by atomic mass is 10.1. The quantitative estimate of drug-likeness (QED) is 0.799. The van der Waals surface area contributed by atoms with Gasteiger partial charge >= 0.3 is 0 Å². The Labute approximate surface area is 127 Å². The van der Waals surface area contributed by atoms with Gasteiger partial charge in [-0.3, -0.25) is 4.79 Å². The van der Waals surface area contributed by atoms with Crippen molar-refractivity contribution < 1.29 is 4.79 Å². The molecular weight excluding hydrogens is 278 g/mol. The average Bonchev–Trinajstić information content (AvgIpc) is 3.19. The number of amides is 1. The van der Waals surface area contributed by atoms with Crippen LogP contribution in [0.2, 0.25) is 0 Å². The van der Waals surface area contributed by atoms with E-state index in [2.05, 4.69) is 33.0 Å². The molecule has 0 spiro atoms. The highest BCUT2D eigenvalue weighted by molar-refractivity contribution is 5.79. The van der Waals surface area contributed by atoms with Crippen LogP contribution < -0.4 is 5.32 Å². The highest BCUT2D eigenvalue weighted by Crippen LogP contribution is 2.26. The molecule has 4 heterocycles. The number of hydrogen-bond acceptors (Lipinski definition) is 3. The van der Waals surface area contributed by atoms with Crippen LogP contribution in [-0.4, -0.2) is 31.6 Å². The predicted octanol–water partition coefficient (Wildman–Crippen LogP) is 1.64. The number of aryl methyl sites for hydroxylation is 1. The van der Waals surface area contributed by atoms with E-state index in [4.69, 9.17) is 0 Å². The van der Waals surface area contributed by atoms with E-state index >= 15 is 0 Å². The Bertz CT molecular complexity index is 847. The molecule has 6 heteroatoms. The van der Waals surface area contributed by atoms with E-state index in [0.717, 1.165) is 30.0 Å². The summed E-state index contributed by atoms with van der Waals surface area (Å²) in [6.07, 6.45) is 8.17. The molecule has 1 atom stereocenters. The molecule has 1 fully saturated rings. The fourth-order valence-corrected chi connectivity index (χ4v) is 3.15. The molecule has 22 heavy (non-hydrogen) atoms. The van der Waals surface area contributed by atoms with Gasteiger partial charge in [-0.25, -0.2) is 9.50 Å². The summed E-state index contributed by atoms with van der Waals surface area (Å²) in [5.74, 6) is 1.37. The summed E-state index contributed by atoms with van der Waals surface area (Å²) < 4.78 is 4.00. The molecule has 6 nitrogen and oxygen atoms in total. The van der Waals surface area contributed by atoms with E-state index in [1.54, 1.807) is 6.20 Å². The van der Waals surface area contributed by atoms with Crippen molar-refractivity contribution in [2.24, 2.45) is 5.92 Å². The Kier molecular flexibility index (Phi) is 2.96. The van der Waals surface area contributed by atoms with Crippen LogP contribution in [0.25, 0.3) is 16.9 Å². The number of rotatable bonds is 3. The maximum absolute atomic E-state index is 11.4. The van der Waals surface area contributed by atoms with E-state index in [1.807, 2.05) is 29.2 Å². The maximum Gasteiger partial charge on any atom is 0.220 e. The number of nitrogens with zero attached hydrogens (tertiary/aromatic N) is 4. The van der Waals surface area contributed by atoms with Gasteiger partial charge in [0.25, 0.3) is 0 Å². The van der Waals surface area contributed by atoms with E-state index in [9.17, 15) is 4.79 Å². The van der Waals surface area contributed by atoms with Crippen molar-refractivity contribution in [2.75, 3.05) is 6.54 Å². The molecule has 1 aliphatic heterocycles. The molecule has 3 aromatic heterocycles. The molecule has 1 amide bonds. The summed E-state index contributed by atoms with van der Waals surface area (Å²) in [6, 6.07) is 4.06. The topological polar surface area (TPSA) is 64.2 Å². The standard InChI is InChI=1S/C16H17N5O/c1-11-3-2-5-21-15(11)13(9-19-21)16-17-4-6-20(16)10-12-7-14(22)18-8-12/h2-6,9,12H,7-8,10H2,1H3,(H,18,22). The second kappa shape index (κ2) is 4.98. The summed E-state index contributed by atoms with van der Waals surface area (Å²) >= 11 is 0. The Morgan fingerprint density at radius 1 is 1.41 bits per heavy atom. The normalized spacial score (nSPS) is 18.0. The van der Waals surface area contributed by atoms with Crippen LogP contribution in [0.15, 0.2) is 36.9 Å². The first-order valence-corrected chi connectivity index (χ1v) is 7.43. The third-order valence-corrected chi connectivity index (χ3v) is 4.22. The zero-order valence-electron chi connectivity index (χ0n) is 12.4. The van der Waals surface area contributed by atoms with Crippen LogP contribution in [0, 0.1) is 12.8 Å². The molecule has 1 saturated heterocycles. The minimum Gasteiger partial charge on any atom is -0.356 e. The monoisotopic (exact) mass is 295 g/mol. The first kappa shape index (κ1) is 13.1. The third kappa shape index (κ3) is 2.07. The molecular formula is C16H17N5O. The molecule has 0 aliphatic carbocycles. The minimum absolute atomic E-state index is 0.137. The van der Waals surface area contributed by atoms with Crippen molar-refractivity contribution in [3.05, 3.63) is 42.5 Å². The van der Waals surface area contributed by atoms with Gasteiger partial charge in [-0.2, -0.15) is 5.10 Å². The number of nitrogens with one attached hydrogen (secondary N) is 1. The summed E-state index contributed by atoms with van der Waals surface area (Å²) in [7, 11) is 0. The summed E-state index contributed by atoms with van der Waals surface area (Å²) in [5.41, 5.74) is 3.28. The lowest BCUT2D eigenvalue weighted by Gasteiger charge is -2.11. The highest BCUT2D eigenvalue weighted by Gasteiger charge is 2.23. The number of hydrogen-bond donors (Lipinski definition) is 1. The lowest BCUT2D eigenvalue weighted by Crippen LogP contribution is -2.16. The minimum atomic E-state index is 0.137. The van der Waals surface area contributed by atoms with Gasteiger partial charge in [-0.05, 0) is 18.6 Å². The molecule has 112 valence electrons. The molecule has 1 N–H and O–H groups in total. The van der Waals surface area contributed by atoms with Gasteiger partial charge in [-0.1, -0.05) is 6.07 Å². The van der Waals surface area contributed by atoms with Crippen LogP contribution in [0.1, 0.15) is 12.0 Å². The SMILES string of the molecule is Cc1cccn2ncc(-c3nccn3CC3CNC(=O)C3)c12. The number of carbonyl (C=O) groups excluding carboxylic acids is 1. The van der Waals surface area contributed by atoms with Crippen molar-refractivity contribution in [3.63, 3.8) is 0 Å². The third-order valence-electron chi connectivity index (χ3n) is 4.22. The predicted molar refractivity (Wildman–Crippen MR) is 82.3 cm³/mol. The molecule has 3 aromatic rings. The summed E-state index contributed by atoms with van der Waals surface area (Å²) in [5, 5.41) is 7.30. The van der Waals surface area contributed by atoms with Crippen LogP contribution in [-0.2, 0) is 11.3 Å². The zero-order chi connectivity index (χ0) is 15.1. The average molecular weight is 295 g/mol. The van der Waals surface area contributed by atoms with Crippen molar-refractivity contribution in [1.29, 1.82) is 0 Å². The first-order chi connectivity index (χ1) is 10.7. The van der Waals surface area contributed by atoms with Gasteiger partial charge in [0.2, 0.25) is 5.91 Å². The molecule has 0 bridgehead atoms. The zero-order valence-corrected chi connectivity index (χ0v) is 12.4. The van der Waals surface area contributed by atoms with Crippen molar-refractivity contribution in [3.8, 4) is 11.4 Å². The summed E-state index contributed by atoms with van der Waals surface area (Å²) in [6.45, 7) is 3.61. The van der Waals surface area contributed by atoms with Crippen LogP contribution >= 0.6 is 0 Å². The van der Waals surface area contributed by atoms with Gasteiger partial charge < -0.3 is 9.88 Å². The van der Waals surface area contributed by atoms with Gasteiger partial charge in [0.15, 0.2) is 0 Å². The van der Waals surface area contributed by atoms with Crippen LogP contribution in [0.5, 0.6) is 0 Å². The van der Waals surface area contributed by atoms with Gasteiger partial charge in [-0.15, -0.1) is 0 Å². The van der Waals surface area contributed by atoms with Gasteiger partial charge in [0, 0.05) is 44.0 Å². The maximum atomic E-state index is 11.4.